The van der Waals surface area contributed by atoms with Gasteiger partial charge in [-0.2, -0.15) is 5.26 Å². The summed E-state index contributed by atoms with van der Waals surface area (Å²) in [6, 6.07) is 18.0. The fraction of sp³-hybridized carbons (Fsp3) is 0.385. The van der Waals surface area contributed by atoms with Crippen LogP contribution in [-0.4, -0.2) is 61.1 Å². The first-order valence-electron chi connectivity index (χ1n) is 11.3. The van der Waals surface area contributed by atoms with E-state index in [0.29, 0.717) is 17.6 Å². The topological polar surface area (TPSA) is 58.4 Å². The minimum atomic E-state index is 0.381. The van der Waals surface area contributed by atoms with E-state index in [4.69, 9.17) is 0 Å². The van der Waals surface area contributed by atoms with Crippen molar-refractivity contribution in [1.82, 2.24) is 14.8 Å². The molecular weight excluding hydrogens is 396 g/mol. The van der Waals surface area contributed by atoms with Gasteiger partial charge < -0.3 is 15.1 Å². The molecule has 5 rings (SSSR count). The summed E-state index contributed by atoms with van der Waals surface area (Å²) >= 11 is 0. The number of fused-ring (bicyclic) bond motifs is 4. The van der Waals surface area contributed by atoms with Crippen molar-refractivity contribution >= 4 is 22.3 Å². The summed E-state index contributed by atoms with van der Waals surface area (Å²) < 4.78 is 0. The second-order valence-corrected chi connectivity index (χ2v) is 9.23. The minimum absolute atomic E-state index is 0.381. The van der Waals surface area contributed by atoms with Gasteiger partial charge in [-0.3, -0.25) is 9.88 Å². The molecule has 1 saturated heterocycles. The van der Waals surface area contributed by atoms with E-state index in [2.05, 4.69) is 82.4 Å². The first-order chi connectivity index (χ1) is 15.5. The molecule has 2 aromatic carbocycles. The quantitative estimate of drug-likeness (QED) is 0.669. The van der Waals surface area contributed by atoms with Crippen molar-refractivity contribution in [3.8, 4) is 6.07 Å². The third-order valence-electron chi connectivity index (χ3n) is 6.80. The molecule has 3 heterocycles. The molecule has 0 radical (unpaired) electrons. The largest absolute Gasteiger partial charge is 0.384 e. The number of nitrogens with zero attached hydrogens (tertiary/aromatic N) is 5. The summed E-state index contributed by atoms with van der Waals surface area (Å²) in [6.07, 6.45) is 1.77. The van der Waals surface area contributed by atoms with Crippen molar-refractivity contribution < 1.29 is 0 Å². The van der Waals surface area contributed by atoms with Gasteiger partial charge in [-0.1, -0.05) is 6.07 Å². The van der Waals surface area contributed by atoms with Crippen LogP contribution in [0.2, 0.25) is 0 Å². The van der Waals surface area contributed by atoms with E-state index in [1.54, 1.807) is 6.20 Å². The van der Waals surface area contributed by atoms with Gasteiger partial charge in [-0.15, -0.1) is 0 Å². The minimum Gasteiger partial charge on any atom is -0.384 e. The lowest BCUT2D eigenvalue weighted by Gasteiger charge is -2.43. The van der Waals surface area contributed by atoms with Gasteiger partial charge in [0.05, 0.1) is 17.1 Å². The zero-order valence-corrected chi connectivity index (χ0v) is 19.0. The molecule has 1 aromatic heterocycles. The molecule has 3 aromatic rings. The normalized spacial score (nSPS) is 20.3. The zero-order valence-electron chi connectivity index (χ0n) is 19.0. The molecule has 0 amide bonds. The molecule has 0 spiro atoms. The molecule has 0 aliphatic carbocycles. The maximum Gasteiger partial charge on any atom is 0.101 e. The SMILES string of the molecule is C[C@@H]1CN(c2ccc(C#N)c3ncccc23)CC2c3ccc(NCCN(C)C)cc3CN21. The number of piperazine rings is 1. The van der Waals surface area contributed by atoms with E-state index in [1.807, 2.05) is 12.1 Å². The predicted molar refractivity (Wildman–Crippen MR) is 130 cm³/mol. The number of hydrogen-bond acceptors (Lipinski definition) is 6. The lowest BCUT2D eigenvalue weighted by atomic mass is 9.99. The fourth-order valence-corrected chi connectivity index (χ4v) is 5.18. The van der Waals surface area contributed by atoms with Gasteiger partial charge in [-0.05, 0) is 68.5 Å². The Bertz CT molecular complexity index is 1180. The molecule has 1 N–H and O–H groups in total. The molecule has 1 unspecified atom stereocenters. The van der Waals surface area contributed by atoms with Gasteiger partial charge in [-0.25, -0.2) is 0 Å². The summed E-state index contributed by atoms with van der Waals surface area (Å²) in [4.78, 5) is 11.8. The number of nitriles is 1. The van der Waals surface area contributed by atoms with Crippen molar-refractivity contribution in [2.45, 2.75) is 25.6 Å². The number of anilines is 2. The Labute approximate surface area is 190 Å². The van der Waals surface area contributed by atoms with E-state index in [9.17, 15) is 5.26 Å². The second kappa shape index (κ2) is 8.42. The van der Waals surface area contributed by atoms with Crippen LogP contribution in [0.1, 0.15) is 29.7 Å². The molecule has 2 atom stereocenters. The smallest absolute Gasteiger partial charge is 0.101 e. The molecule has 164 valence electrons. The van der Waals surface area contributed by atoms with Crippen molar-refractivity contribution in [2.75, 3.05) is 50.5 Å². The maximum atomic E-state index is 9.50. The van der Waals surface area contributed by atoms with Crippen molar-refractivity contribution in [3.63, 3.8) is 0 Å². The highest BCUT2D eigenvalue weighted by molar-refractivity contribution is 5.95. The maximum absolute atomic E-state index is 9.50. The van der Waals surface area contributed by atoms with Gasteiger partial charge in [0.15, 0.2) is 0 Å². The molecule has 6 nitrogen and oxygen atoms in total. The molecule has 1 fully saturated rings. The van der Waals surface area contributed by atoms with E-state index >= 15 is 0 Å². The highest BCUT2D eigenvalue weighted by Crippen LogP contribution is 2.41. The van der Waals surface area contributed by atoms with Gasteiger partial charge >= 0.3 is 0 Å². The predicted octanol–water partition coefficient (Wildman–Crippen LogP) is 3.85. The average molecular weight is 427 g/mol. The van der Waals surface area contributed by atoms with Crippen molar-refractivity contribution in [3.05, 3.63) is 65.4 Å². The Morgan fingerprint density at radius 1 is 1.19 bits per heavy atom. The first kappa shape index (κ1) is 20.7. The standard InChI is InChI=1S/C26H30N6/c1-18-15-31(24-9-6-19(14-27)26-23(24)5-4-10-29-26)17-25-22-8-7-21(28-11-12-30(2)3)13-20(22)16-32(18)25/h4-10,13,18,25,28H,11-12,15-17H2,1-3H3/t18-,25?/m1/s1. The Kier molecular flexibility index (Phi) is 5.46. The summed E-state index contributed by atoms with van der Waals surface area (Å²) in [7, 11) is 4.20. The second-order valence-electron chi connectivity index (χ2n) is 9.23. The van der Waals surface area contributed by atoms with Crippen LogP contribution in [0.25, 0.3) is 10.9 Å². The Hall–Kier alpha value is -3.14. The number of pyridine rings is 1. The van der Waals surface area contributed by atoms with Crippen LogP contribution in [-0.2, 0) is 6.54 Å². The fourth-order valence-electron chi connectivity index (χ4n) is 5.18. The molecule has 6 heteroatoms. The lowest BCUT2D eigenvalue weighted by Crippen LogP contribution is -2.51. The van der Waals surface area contributed by atoms with Gasteiger partial charge in [0.2, 0.25) is 0 Å². The van der Waals surface area contributed by atoms with E-state index in [-0.39, 0.29) is 0 Å². The van der Waals surface area contributed by atoms with Crippen LogP contribution in [0.4, 0.5) is 11.4 Å². The van der Waals surface area contributed by atoms with Crippen LogP contribution in [0.15, 0.2) is 48.7 Å². The van der Waals surface area contributed by atoms with Crippen LogP contribution < -0.4 is 10.2 Å². The first-order valence-corrected chi connectivity index (χ1v) is 11.3. The van der Waals surface area contributed by atoms with Crippen molar-refractivity contribution in [1.29, 1.82) is 5.26 Å². The van der Waals surface area contributed by atoms with Gasteiger partial charge in [0, 0.05) is 61.7 Å². The van der Waals surface area contributed by atoms with E-state index in [1.165, 1.54) is 22.5 Å². The average Bonchev–Trinajstić information content (AvgIpc) is 3.16. The van der Waals surface area contributed by atoms with Crippen LogP contribution in [0, 0.1) is 11.3 Å². The van der Waals surface area contributed by atoms with Crippen molar-refractivity contribution in [2.24, 2.45) is 0 Å². The Morgan fingerprint density at radius 2 is 2.06 bits per heavy atom. The number of likely N-dealkylation sites (N-methyl/N-ethyl adjacent to an activating group) is 1. The van der Waals surface area contributed by atoms with E-state index in [0.717, 1.165) is 43.6 Å². The number of benzene rings is 2. The summed E-state index contributed by atoms with van der Waals surface area (Å²) in [5.41, 5.74) is 6.69. The van der Waals surface area contributed by atoms with Gasteiger partial charge in [0.25, 0.3) is 0 Å². The lowest BCUT2D eigenvalue weighted by molar-refractivity contribution is 0.134. The van der Waals surface area contributed by atoms with Crippen LogP contribution in [0.3, 0.4) is 0 Å². The third-order valence-corrected chi connectivity index (χ3v) is 6.80. The summed E-state index contributed by atoms with van der Waals surface area (Å²) in [5.74, 6) is 0. The van der Waals surface area contributed by atoms with Crippen LogP contribution in [0.5, 0.6) is 0 Å². The van der Waals surface area contributed by atoms with Gasteiger partial charge in [0.1, 0.15) is 6.07 Å². The molecule has 2 aliphatic heterocycles. The monoisotopic (exact) mass is 426 g/mol. The molecule has 32 heavy (non-hydrogen) atoms. The van der Waals surface area contributed by atoms with E-state index < -0.39 is 0 Å². The number of nitrogens with one attached hydrogen (secondary N) is 1. The molecule has 2 aliphatic rings. The summed E-state index contributed by atoms with van der Waals surface area (Å²) in [6.45, 7) is 7.21. The number of rotatable bonds is 5. The number of aromatic nitrogens is 1. The summed E-state index contributed by atoms with van der Waals surface area (Å²) in [5, 5.41) is 14.1. The third kappa shape index (κ3) is 3.68. The Balaban J connectivity index is 1.42. The molecule has 0 saturated carbocycles. The number of hydrogen-bond donors (Lipinski definition) is 1. The highest BCUT2D eigenvalue weighted by atomic mass is 15.3. The Morgan fingerprint density at radius 3 is 2.88 bits per heavy atom. The van der Waals surface area contributed by atoms with Crippen LogP contribution >= 0.6 is 0 Å². The highest BCUT2D eigenvalue weighted by Gasteiger charge is 2.39. The zero-order chi connectivity index (χ0) is 22.2. The molecule has 0 bridgehead atoms. The molecular formula is C26H30N6.